The van der Waals surface area contributed by atoms with Gasteiger partial charge in [-0.3, -0.25) is 9.55 Å². The fourth-order valence-corrected chi connectivity index (χ4v) is 2.03. The first kappa shape index (κ1) is 7.04. The van der Waals surface area contributed by atoms with Crippen LogP contribution in [0.25, 0.3) is 0 Å². The van der Waals surface area contributed by atoms with Crippen LogP contribution in [0, 0.1) is 0 Å². The van der Waals surface area contributed by atoms with E-state index in [-0.39, 0.29) is 5.75 Å². The van der Waals surface area contributed by atoms with Crippen LogP contribution in [-0.4, -0.2) is 29.6 Å². The molecule has 1 radical (unpaired) electrons. The second kappa shape index (κ2) is 2.28. The number of nitrogens with zero attached hydrogens (tertiary/aromatic N) is 1. The van der Waals surface area contributed by atoms with E-state index in [2.05, 4.69) is 10.5 Å². The van der Waals surface area contributed by atoms with Gasteiger partial charge >= 0.3 is 0 Å². The monoisotopic (exact) mass is 166 g/mol. The van der Waals surface area contributed by atoms with Gasteiger partial charge in [0, 0.05) is 5.75 Å². The summed E-state index contributed by atoms with van der Waals surface area (Å²) < 4.78 is 28.8. The zero-order valence-corrected chi connectivity index (χ0v) is 5.94. The minimum atomic E-state index is -3.95. The Morgan fingerprint density at radius 3 is 2.67 bits per heavy atom. The summed E-state index contributed by atoms with van der Waals surface area (Å²) >= 11 is 1.15. The van der Waals surface area contributed by atoms with Crippen molar-refractivity contribution in [3.8, 4) is 0 Å². The molecule has 1 atom stereocenters. The van der Waals surface area contributed by atoms with Crippen molar-refractivity contribution in [3.63, 3.8) is 0 Å². The molecule has 1 unspecified atom stereocenters. The van der Waals surface area contributed by atoms with Gasteiger partial charge in [0.15, 0.2) is 5.37 Å². The molecule has 1 N–H and O–H groups in total. The summed E-state index contributed by atoms with van der Waals surface area (Å²) in [4.78, 5) is 3.38. The van der Waals surface area contributed by atoms with Crippen molar-refractivity contribution in [2.45, 2.75) is 5.37 Å². The molecule has 1 aliphatic rings. The van der Waals surface area contributed by atoms with Crippen LogP contribution in [0.15, 0.2) is 4.99 Å². The first-order valence-corrected chi connectivity index (χ1v) is 4.62. The second-order valence-corrected chi connectivity index (χ2v) is 3.88. The van der Waals surface area contributed by atoms with E-state index >= 15 is 0 Å². The van der Waals surface area contributed by atoms with Crippen molar-refractivity contribution in [1.82, 2.24) is 0 Å². The van der Waals surface area contributed by atoms with Crippen molar-refractivity contribution < 1.29 is 13.0 Å². The molecule has 0 spiro atoms. The number of aliphatic imine (C=N–C) groups is 1. The molecule has 0 aromatic heterocycles. The van der Waals surface area contributed by atoms with Crippen molar-refractivity contribution in [3.05, 3.63) is 0 Å². The van der Waals surface area contributed by atoms with Gasteiger partial charge in [0.05, 0.1) is 0 Å². The summed E-state index contributed by atoms with van der Waals surface area (Å²) in [5.41, 5.74) is 2.38. The molecule has 1 aliphatic heterocycles. The van der Waals surface area contributed by atoms with Crippen LogP contribution >= 0.6 is 11.8 Å². The summed E-state index contributed by atoms with van der Waals surface area (Å²) in [5, 5.41) is -0.984. The Morgan fingerprint density at radius 2 is 2.44 bits per heavy atom. The Bertz CT molecular complexity index is 219. The molecule has 0 saturated carbocycles. The van der Waals surface area contributed by atoms with Crippen molar-refractivity contribution in [2.75, 3.05) is 5.75 Å². The minimum absolute atomic E-state index is 0.277. The summed E-state index contributed by atoms with van der Waals surface area (Å²) in [6, 6.07) is 0. The SMILES string of the molecule is O=S(=O)(O)C1CS[C]=N1. The van der Waals surface area contributed by atoms with E-state index in [1.54, 1.807) is 0 Å². The Labute approximate surface area is 57.1 Å². The molecule has 0 aromatic rings. The Morgan fingerprint density at radius 1 is 1.78 bits per heavy atom. The molecule has 0 bridgehead atoms. The predicted molar refractivity (Wildman–Crippen MR) is 35.2 cm³/mol. The van der Waals surface area contributed by atoms with Crippen LogP contribution in [0.4, 0.5) is 0 Å². The van der Waals surface area contributed by atoms with Crippen molar-refractivity contribution in [1.29, 1.82) is 0 Å². The molecule has 0 aliphatic carbocycles. The van der Waals surface area contributed by atoms with Gasteiger partial charge < -0.3 is 0 Å². The molecule has 6 heteroatoms. The van der Waals surface area contributed by atoms with Gasteiger partial charge in [0.2, 0.25) is 0 Å². The normalized spacial score (nSPS) is 27.0. The summed E-state index contributed by atoms with van der Waals surface area (Å²) in [5.74, 6) is 0.277. The van der Waals surface area contributed by atoms with Gasteiger partial charge in [-0.15, -0.1) is 11.8 Å². The zero-order valence-electron chi connectivity index (χ0n) is 4.31. The van der Waals surface area contributed by atoms with E-state index < -0.39 is 15.5 Å². The largest absolute Gasteiger partial charge is 0.289 e. The standard InChI is InChI=1S/C3H4NO3S2/c5-9(6,7)3-1-8-2-4-3/h3H,1H2,(H,5,6,7). The molecule has 4 nitrogen and oxygen atoms in total. The quantitative estimate of drug-likeness (QED) is 0.550. The Hall–Kier alpha value is -0.0700. The van der Waals surface area contributed by atoms with E-state index in [1.807, 2.05) is 0 Å². The highest BCUT2D eigenvalue weighted by Crippen LogP contribution is 2.14. The van der Waals surface area contributed by atoms with Crippen LogP contribution < -0.4 is 0 Å². The van der Waals surface area contributed by atoms with Crippen molar-refractivity contribution in [2.24, 2.45) is 4.99 Å². The highest BCUT2D eigenvalue weighted by molar-refractivity contribution is 8.13. The van der Waals surface area contributed by atoms with Gasteiger partial charge in [-0.05, 0) is 0 Å². The Balaban J connectivity index is 2.76. The fraction of sp³-hybridized carbons (Fsp3) is 0.667. The van der Waals surface area contributed by atoms with Crippen LogP contribution in [0.3, 0.4) is 0 Å². The van der Waals surface area contributed by atoms with Crippen LogP contribution in [-0.2, 0) is 10.1 Å². The average Bonchev–Trinajstić information content (AvgIpc) is 2.08. The lowest BCUT2D eigenvalue weighted by atomic mass is 10.8. The van der Waals surface area contributed by atoms with Gasteiger partial charge in [-0.1, -0.05) is 0 Å². The second-order valence-electron chi connectivity index (χ2n) is 1.50. The van der Waals surface area contributed by atoms with Crippen LogP contribution in [0.5, 0.6) is 0 Å². The summed E-state index contributed by atoms with van der Waals surface area (Å²) in [7, 11) is -3.95. The molecule has 1 heterocycles. The smallest absolute Gasteiger partial charge is 0.284 e. The van der Waals surface area contributed by atoms with E-state index in [9.17, 15) is 8.42 Å². The van der Waals surface area contributed by atoms with E-state index in [0.717, 1.165) is 11.8 Å². The lowest BCUT2D eigenvalue weighted by molar-refractivity contribution is 0.473. The topological polar surface area (TPSA) is 66.7 Å². The maximum Gasteiger partial charge on any atom is 0.289 e. The molecule has 1 rings (SSSR count). The molecule has 0 amide bonds. The van der Waals surface area contributed by atoms with E-state index in [0.29, 0.717) is 0 Å². The maximum absolute atomic E-state index is 10.2. The lowest BCUT2D eigenvalue weighted by Crippen LogP contribution is -2.17. The van der Waals surface area contributed by atoms with Crippen LogP contribution in [0.2, 0.25) is 0 Å². The molecular weight excluding hydrogens is 162 g/mol. The lowest BCUT2D eigenvalue weighted by Gasteiger charge is -1.97. The molecule has 0 saturated heterocycles. The third-order valence-corrected chi connectivity index (χ3v) is 2.72. The fourth-order valence-electron chi connectivity index (χ4n) is 0.394. The zero-order chi connectivity index (χ0) is 6.91. The third-order valence-electron chi connectivity index (χ3n) is 0.831. The number of hydrogen-bond acceptors (Lipinski definition) is 4. The summed E-state index contributed by atoms with van der Waals surface area (Å²) in [6.45, 7) is 0. The Kier molecular flexibility index (Phi) is 1.78. The molecule has 0 fully saturated rings. The molecule has 51 valence electrons. The van der Waals surface area contributed by atoms with Gasteiger partial charge in [-0.2, -0.15) is 8.42 Å². The minimum Gasteiger partial charge on any atom is -0.284 e. The van der Waals surface area contributed by atoms with E-state index in [1.165, 1.54) is 0 Å². The predicted octanol–water partition coefficient (Wildman–Crippen LogP) is -0.148. The molecular formula is C3H4NO3S2. The highest BCUT2D eigenvalue weighted by Gasteiger charge is 2.24. The van der Waals surface area contributed by atoms with E-state index in [4.69, 9.17) is 4.55 Å². The maximum atomic E-state index is 10.2. The number of rotatable bonds is 1. The first-order chi connectivity index (χ1) is 4.11. The highest BCUT2D eigenvalue weighted by atomic mass is 32.2. The summed E-state index contributed by atoms with van der Waals surface area (Å²) in [6.07, 6.45) is 0. The van der Waals surface area contributed by atoms with Gasteiger partial charge in [0.1, 0.15) is 5.55 Å². The number of thioether (sulfide) groups is 1. The van der Waals surface area contributed by atoms with Crippen LogP contribution in [0.1, 0.15) is 0 Å². The average molecular weight is 166 g/mol. The number of hydrogen-bond donors (Lipinski definition) is 1. The molecule has 9 heavy (non-hydrogen) atoms. The first-order valence-electron chi connectivity index (χ1n) is 2.13. The van der Waals surface area contributed by atoms with Gasteiger partial charge in [0.25, 0.3) is 10.1 Å². The van der Waals surface area contributed by atoms with Gasteiger partial charge in [-0.25, -0.2) is 0 Å². The third kappa shape index (κ3) is 1.67. The molecule has 0 aromatic carbocycles. The van der Waals surface area contributed by atoms with Crippen molar-refractivity contribution >= 4 is 27.4 Å².